The van der Waals surface area contributed by atoms with Crippen LogP contribution in [0.4, 0.5) is 31.1 Å². The molecule has 1 unspecified atom stereocenters. The van der Waals surface area contributed by atoms with E-state index in [0.717, 1.165) is 11.1 Å². The summed E-state index contributed by atoms with van der Waals surface area (Å²) < 4.78 is 80.4. The molecule has 3 atom stereocenters. The lowest BCUT2D eigenvalue weighted by molar-refractivity contribution is -0.143. The number of carbonyl (C=O) groups is 2. The summed E-state index contributed by atoms with van der Waals surface area (Å²) in [6.07, 6.45) is -8.32. The number of thiophene rings is 1. The van der Waals surface area contributed by atoms with E-state index in [1.54, 1.807) is 9.80 Å². The van der Waals surface area contributed by atoms with Gasteiger partial charge in [0.05, 0.1) is 29.3 Å². The molecule has 0 N–H and O–H groups in total. The number of urea groups is 1. The number of rotatable bonds is 4. The van der Waals surface area contributed by atoms with Gasteiger partial charge in [0.2, 0.25) is 5.91 Å². The largest absolute Gasteiger partial charge is 0.416 e. The summed E-state index contributed by atoms with van der Waals surface area (Å²) in [5.41, 5.74) is -1.16. The van der Waals surface area contributed by atoms with E-state index < -0.39 is 41.6 Å². The number of hydrogen-bond acceptors (Lipinski definition) is 3. The van der Waals surface area contributed by atoms with Gasteiger partial charge in [-0.05, 0) is 65.4 Å². The van der Waals surface area contributed by atoms with Gasteiger partial charge in [-0.3, -0.25) is 4.79 Å². The summed E-state index contributed by atoms with van der Waals surface area (Å²) >= 11 is 1.48. The molecular weight excluding hydrogens is 520 g/mol. The first kappa shape index (κ1) is 27.3. The first-order chi connectivity index (χ1) is 17.2. The van der Waals surface area contributed by atoms with E-state index in [1.165, 1.54) is 30.2 Å². The van der Waals surface area contributed by atoms with Crippen LogP contribution in [-0.4, -0.2) is 52.8 Å². The van der Waals surface area contributed by atoms with Crippen molar-refractivity contribution >= 4 is 23.3 Å². The van der Waals surface area contributed by atoms with Crippen LogP contribution in [0.1, 0.15) is 66.6 Å². The van der Waals surface area contributed by atoms with Crippen molar-refractivity contribution in [3.8, 4) is 0 Å². The number of hydrogen-bond donors (Lipinski definition) is 0. The van der Waals surface area contributed by atoms with E-state index >= 15 is 0 Å². The van der Waals surface area contributed by atoms with Crippen LogP contribution in [0.5, 0.6) is 0 Å². The molecule has 37 heavy (non-hydrogen) atoms. The third kappa shape index (κ3) is 5.17. The Bertz CT molecular complexity index is 1150. The van der Waals surface area contributed by atoms with Crippen molar-refractivity contribution in [3.05, 3.63) is 56.8 Å². The second-order valence-electron chi connectivity index (χ2n) is 9.45. The smallest absolute Gasteiger partial charge is 0.335 e. The number of alkyl halides is 6. The van der Waals surface area contributed by atoms with Gasteiger partial charge in [-0.25, -0.2) is 4.79 Å². The zero-order valence-corrected chi connectivity index (χ0v) is 21.3. The molecule has 2 saturated heterocycles. The maximum absolute atomic E-state index is 13.8. The molecule has 1 aromatic carbocycles. The van der Waals surface area contributed by atoms with Crippen LogP contribution in [-0.2, 0) is 23.6 Å². The van der Waals surface area contributed by atoms with Gasteiger partial charge >= 0.3 is 18.4 Å². The highest BCUT2D eigenvalue weighted by Gasteiger charge is 2.47. The van der Waals surface area contributed by atoms with Crippen molar-refractivity contribution in [2.24, 2.45) is 0 Å². The molecule has 0 bridgehead atoms. The number of nitrogens with zero attached hydrogens (tertiary/aromatic N) is 3. The number of piperazine rings is 1. The molecule has 3 heterocycles. The maximum Gasteiger partial charge on any atom is 0.416 e. The number of carbonyl (C=O) groups excluding carboxylic acids is 2. The Kier molecular flexibility index (Phi) is 7.26. The van der Waals surface area contributed by atoms with Gasteiger partial charge in [-0.15, -0.1) is 0 Å². The van der Waals surface area contributed by atoms with E-state index in [2.05, 4.69) is 0 Å². The minimum absolute atomic E-state index is 0.0146. The predicted octanol–water partition coefficient (Wildman–Crippen LogP) is 6.51. The summed E-state index contributed by atoms with van der Waals surface area (Å²) in [5, 5.41) is 3.93. The monoisotopic (exact) mass is 547 g/mol. The minimum Gasteiger partial charge on any atom is -0.335 e. The summed E-state index contributed by atoms with van der Waals surface area (Å²) in [5.74, 6) is 0.0146. The Labute approximate surface area is 214 Å². The topological polar surface area (TPSA) is 43.9 Å². The van der Waals surface area contributed by atoms with E-state index in [-0.39, 0.29) is 30.1 Å². The average molecular weight is 548 g/mol. The van der Waals surface area contributed by atoms with Crippen LogP contribution < -0.4 is 0 Å². The number of aryl methyl sites for hydroxylation is 1. The lowest BCUT2D eigenvalue weighted by atomic mass is 9.92. The van der Waals surface area contributed by atoms with Crippen LogP contribution in [0.15, 0.2) is 29.0 Å². The summed E-state index contributed by atoms with van der Waals surface area (Å²) in [6, 6.07) is -0.891. The normalized spacial score (nSPS) is 21.3. The molecule has 3 amide bonds. The lowest BCUT2D eigenvalue weighted by Gasteiger charge is -2.46. The molecule has 12 heteroatoms. The SMILES string of the molecule is CCc1cscc1C1[C@@H]2CCC(=O)N2CCN1C(=O)N(C)[C@H](C)c1cc(C(F)(F)F)cc(C(F)(F)F)c1. The molecule has 1 aromatic heterocycles. The first-order valence-electron chi connectivity index (χ1n) is 11.9. The summed E-state index contributed by atoms with van der Waals surface area (Å²) in [6.45, 7) is 3.91. The summed E-state index contributed by atoms with van der Waals surface area (Å²) in [4.78, 5) is 30.8. The van der Waals surface area contributed by atoms with Gasteiger partial charge in [-0.2, -0.15) is 37.7 Å². The molecule has 0 spiro atoms. The Morgan fingerprint density at radius 3 is 2.27 bits per heavy atom. The highest BCUT2D eigenvalue weighted by Crippen LogP contribution is 2.42. The van der Waals surface area contributed by atoms with E-state index in [0.29, 0.717) is 37.9 Å². The Balaban J connectivity index is 1.69. The fourth-order valence-electron chi connectivity index (χ4n) is 5.22. The van der Waals surface area contributed by atoms with Crippen molar-refractivity contribution < 1.29 is 35.9 Å². The molecule has 0 radical (unpaired) electrons. The van der Waals surface area contributed by atoms with Crippen LogP contribution in [0, 0.1) is 0 Å². The van der Waals surface area contributed by atoms with Crippen LogP contribution in [0.25, 0.3) is 0 Å². The van der Waals surface area contributed by atoms with Gasteiger partial charge in [0.25, 0.3) is 0 Å². The quantitative estimate of drug-likeness (QED) is 0.410. The lowest BCUT2D eigenvalue weighted by Crippen LogP contribution is -2.57. The second kappa shape index (κ2) is 9.85. The molecule has 4 rings (SSSR count). The fourth-order valence-corrected chi connectivity index (χ4v) is 6.19. The zero-order valence-electron chi connectivity index (χ0n) is 20.5. The van der Waals surface area contributed by atoms with E-state index in [4.69, 9.17) is 0 Å². The van der Waals surface area contributed by atoms with Crippen molar-refractivity contribution in [2.45, 2.75) is 63.6 Å². The van der Waals surface area contributed by atoms with Crippen molar-refractivity contribution in [2.75, 3.05) is 20.1 Å². The Hall–Kier alpha value is -2.76. The molecular formula is C25H27F6N3O2S. The van der Waals surface area contributed by atoms with Crippen LogP contribution in [0.2, 0.25) is 0 Å². The number of amides is 3. The number of benzene rings is 1. The fraction of sp³-hybridized carbons (Fsp3) is 0.520. The molecule has 2 fully saturated rings. The minimum atomic E-state index is -4.98. The summed E-state index contributed by atoms with van der Waals surface area (Å²) in [7, 11) is 1.37. The molecule has 2 aromatic rings. The van der Waals surface area contributed by atoms with Crippen molar-refractivity contribution in [1.29, 1.82) is 0 Å². The van der Waals surface area contributed by atoms with E-state index in [1.807, 2.05) is 17.7 Å². The average Bonchev–Trinajstić information content (AvgIpc) is 3.47. The molecule has 5 nitrogen and oxygen atoms in total. The molecule has 2 aliphatic heterocycles. The van der Waals surface area contributed by atoms with Gasteiger partial charge in [0.1, 0.15) is 0 Å². The molecule has 0 aliphatic carbocycles. The van der Waals surface area contributed by atoms with E-state index in [9.17, 15) is 35.9 Å². The number of halogens is 6. The molecule has 202 valence electrons. The predicted molar refractivity (Wildman–Crippen MR) is 126 cm³/mol. The third-order valence-corrected chi connectivity index (χ3v) is 8.16. The van der Waals surface area contributed by atoms with Gasteiger partial charge in [0, 0.05) is 26.6 Å². The maximum atomic E-state index is 13.8. The van der Waals surface area contributed by atoms with Gasteiger partial charge < -0.3 is 14.7 Å². The number of fused-ring (bicyclic) bond motifs is 1. The Morgan fingerprint density at radius 2 is 1.70 bits per heavy atom. The second-order valence-corrected chi connectivity index (χ2v) is 10.2. The van der Waals surface area contributed by atoms with Gasteiger partial charge in [0.15, 0.2) is 0 Å². The highest BCUT2D eigenvalue weighted by atomic mass is 32.1. The Morgan fingerprint density at radius 1 is 1.08 bits per heavy atom. The standard InChI is InChI=1S/C25H27F6N3O2S/c1-4-15-12-37-13-19(15)22-20-5-6-21(35)33(20)7-8-34(22)23(36)32(3)14(2)16-9-17(24(26,27)28)11-18(10-16)25(29,30)31/h9-14,20,22H,4-8H2,1-3H3/t14-,20+,22?/m1/s1. The third-order valence-electron chi connectivity index (χ3n) is 7.35. The van der Waals surface area contributed by atoms with Crippen molar-refractivity contribution in [3.63, 3.8) is 0 Å². The zero-order chi connectivity index (χ0) is 27.3. The van der Waals surface area contributed by atoms with Crippen molar-refractivity contribution in [1.82, 2.24) is 14.7 Å². The molecule has 0 saturated carbocycles. The van der Waals surface area contributed by atoms with Gasteiger partial charge in [-0.1, -0.05) is 6.92 Å². The molecule has 2 aliphatic rings. The van der Waals surface area contributed by atoms with Crippen LogP contribution >= 0.6 is 11.3 Å². The highest BCUT2D eigenvalue weighted by molar-refractivity contribution is 7.08. The van der Waals surface area contributed by atoms with Crippen LogP contribution in [0.3, 0.4) is 0 Å². The first-order valence-corrected chi connectivity index (χ1v) is 12.9.